The fourth-order valence-electron chi connectivity index (χ4n) is 1.92. The monoisotopic (exact) mass is 361 g/mol. The molecule has 1 aromatic heterocycles. The zero-order valence-corrected chi connectivity index (χ0v) is 14.1. The highest BCUT2D eigenvalue weighted by molar-refractivity contribution is 9.10. The lowest BCUT2D eigenvalue weighted by molar-refractivity contribution is 1.38. The van der Waals surface area contributed by atoms with Crippen LogP contribution in [0.25, 0.3) is 21.8 Å². The first kappa shape index (κ1) is 13.9. The summed E-state index contributed by atoms with van der Waals surface area (Å²) >= 11 is 6.94. The standard InChI is InChI=1S/C16H12BrNS2/c1-19-14-7-5-11(6-8-14)16-18-15(10-20-16)12-3-2-4-13(17)9-12/h2-10H,1H3. The van der Waals surface area contributed by atoms with Crippen LogP contribution in [0.2, 0.25) is 0 Å². The van der Waals surface area contributed by atoms with Crippen LogP contribution < -0.4 is 0 Å². The van der Waals surface area contributed by atoms with Crippen molar-refractivity contribution in [3.8, 4) is 21.8 Å². The van der Waals surface area contributed by atoms with Crippen LogP contribution in [0.4, 0.5) is 0 Å². The first-order valence-corrected chi connectivity index (χ1v) is 9.02. The molecule has 2 aromatic carbocycles. The highest BCUT2D eigenvalue weighted by atomic mass is 79.9. The number of benzene rings is 2. The number of rotatable bonds is 3. The number of thioether (sulfide) groups is 1. The molecule has 0 unspecified atom stereocenters. The Morgan fingerprint density at radius 3 is 2.55 bits per heavy atom. The van der Waals surface area contributed by atoms with Crippen molar-refractivity contribution in [2.24, 2.45) is 0 Å². The number of aromatic nitrogens is 1. The summed E-state index contributed by atoms with van der Waals surface area (Å²) in [6.07, 6.45) is 2.09. The third-order valence-electron chi connectivity index (χ3n) is 2.96. The average Bonchev–Trinajstić information content (AvgIpc) is 2.97. The first-order chi connectivity index (χ1) is 9.76. The van der Waals surface area contributed by atoms with E-state index < -0.39 is 0 Å². The van der Waals surface area contributed by atoms with Crippen molar-refractivity contribution in [3.63, 3.8) is 0 Å². The molecular formula is C16H12BrNS2. The van der Waals surface area contributed by atoms with Gasteiger partial charge in [0, 0.05) is 25.9 Å². The predicted molar refractivity (Wildman–Crippen MR) is 92.5 cm³/mol. The number of halogens is 1. The van der Waals surface area contributed by atoms with Gasteiger partial charge in [-0.3, -0.25) is 0 Å². The molecule has 1 nitrogen and oxygen atoms in total. The second kappa shape index (κ2) is 6.12. The zero-order chi connectivity index (χ0) is 13.9. The summed E-state index contributed by atoms with van der Waals surface area (Å²) in [4.78, 5) is 6.01. The van der Waals surface area contributed by atoms with Crippen molar-refractivity contribution in [1.29, 1.82) is 0 Å². The van der Waals surface area contributed by atoms with Crippen LogP contribution in [0.3, 0.4) is 0 Å². The van der Waals surface area contributed by atoms with Gasteiger partial charge in [-0.25, -0.2) is 4.98 Å². The van der Waals surface area contributed by atoms with E-state index in [9.17, 15) is 0 Å². The van der Waals surface area contributed by atoms with Gasteiger partial charge in [-0.15, -0.1) is 23.1 Å². The molecule has 0 atom stereocenters. The Kier molecular flexibility index (Phi) is 4.24. The van der Waals surface area contributed by atoms with Gasteiger partial charge in [-0.1, -0.05) is 40.2 Å². The van der Waals surface area contributed by atoms with Crippen LogP contribution in [0.15, 0.2) is 63.3 Å². The van der Waals surface area contributed by atoms with E-state index in [1.54, 1.807) is 23.1 Å². The number of nitrogens with zero attached hydrogens (tertiary/aromatic N) is 1. The minimum Gasteiger partial charge on any atom is -0.236 e. The lowest BCUT2D eigenvalue weighted by Crippen LogP contribution is -1.80. The Hall–Kier alpha value is -1.10. The molecule has 1 heterocycles. The molecule has 0 aliphatic carbocycles. The SMILES string of the molecule is CSc1ccc(-c2nc(-c3cccc(Br)c3)cs2)cc1. The number of thiazole rings is 1. The van der Waals surface area contributed by atoms with E-state index in [2.05, 4.69) is 64.0 Å². The minimum absolute atomic E-state index is 1.03. The molecule has 0 aliphatic rings. The Bertz CT molecular complexity index is 719. The van der Waals surface area contributed by atoms with Crippen molar-refractivity contribution < 1.29 is 0 Å². The Balaban J connectivity index is 1.93. The van der Waals surface area contributed by atoms with Gasteiger partial charge in [-0.2, -0.15) is 0 Å². The molecule has 0 bridgehead atoms. The maximum Gasteiger partial charge on any atom is 0.124 e. The average molecular weight is 362 g/mol. The molecular weight excluding hydrogens is 350 g/mol. The van der Waals surface area contributed by atoms with Crippen molar-refractivity contribution >= 4 is 39.0 Å². The highest BCUT2D eigenvalue weighted by Crippen LogP contribution is 2.30. The van der Waals surface area contributed by atoms with E-state index in [1.807, 2.05) is 12.1 Å². The van der Waals surface area contributed by atoms with E-state index >= 15 is 0 Å². The maximum atomic E-state index is 4.74. The molecule has 20 heavy (non-hydrogen) atoms. The summed E-state index contributed by atoms with van der Waals surface area (Å²) in [6, 6.07) is 16.8. The summed E-state index contributed by atoms with van der Waals surface area (Å²) < 4.78 is 1.08. The van der Waals surface area contributed by atoms with Crippen molar-refractivity contribution in [2.75, 3.05) is 6.26 Å². The van der Waals surface area contributed by atoms with E-state index in [0.29, 0.717) is 0 Å². The van der Waals surface area contributed by atoms with Crippen LogP contribution in [0, 0.1) is 0 Å². The molecule has 0 N–H and O–H groups in total. The highest BCUT2D eigenvalue weighted by Gasteiger charge is 2.07. The van der Waals surface area contributed by atoms with E-state index in [-0.39, 0.29) is 0 Å². The van der Waals surface area contributed by atoms with E-state index in [1.165, 1.54) is 10.5 Å². The van der Waals surface area contributed by atoms with Crippen LogP contribution >= 0.6 is 39.0 Å². The van der Waals surface area contributed by atoms with E-state index in [0.717, 1.165) is 20.7 Å². The van der Waals surface area contributed by atoms with Crippen LogP contribution in [-0.4, -0.2) is 11.2 Å². The Morgan fingerprint density at radius 2 is 1.85 bits per heavy atom. The van der Waals surface area contributed by atoms with Crippen molar-refractivity contribution in [3.05, 3.63) is 58.4 Å². The van der Waals surface area contributed by atoms with Crippen LogP contribution in [0.1, 0.15) is 0 Å². The fourth-order valence-corrected chi connectivity index (χ4v) is 3.56. The zero-order valence-electron chi connectivity index (χ0n) is 10.8. The second-order valence-electron chi connectivity index (χ2n) is 4.28. The molecule has 0 saturated carbocycles. The van der Waals surface area contributed by atoms with Crippen LogP contribution in [-0.2, 0) is 0 Å². The van der Waals surface area contributed by atoms with Gasteiger partial charge >= 0.3 is 0 Å². The van der Waals surface area contributed by atoms with Crippen molar-refractivity contribution in [2.45, 2.75) is 4.90 Å². The molecule has 0 aliphatic heterocycles. The molecule has 3 rings (SSSR count). The summed E-state index contributed by atoms with van der Waals surface area (Å²) in [5, 5.41) is 3.17. The molecule has 0 spiro atoms. The van der Waals surface area contributed by atoms with Gasteiger partial charge in [0.2, 0.25) is 0 Å². The lowest BCUT2D eigenvalue weighted by atomic mass is 10.2. The topological polar surface area (TPSA) is 12.9 Å². The third kappa shape index (κ3) is 2.97. The molecule has 0 saturated heterocycles. The summed E-state index contributed by atoms with van der Waals surface area (Å²) in [5.41, 5.74) is 3.34. The Morgan fingerprint density at radius 1 is 1.05 bits per heavy atom. The van der Waals surface area contributed by atoms with Gasteiger partial charge in [0.15, 0.2) is 0 Å². The van der Waals surface area contributed by atoms with Crippen molar-refractivity contribution in [1.82, 2.24) is 4.98 Å². The summed E-state index contributed by atoms with van der Waals surface area (Å²) in [5.74, 6) is 0. The normalized spacial score (nSPS) is 10.7. The molecule has 3 aromatic rings. The first-order valence-electron chi connectivity index (χ1n) is 6.12. The third-order valence-corrected chi connectivity index (χ3v) is 5.09. The summed E-state index contributed by atoms with van der Waals surface area (Å²) in [6.45, 7) is 0. The van der Waals surface area contributed by atoms with Gasteiger partial charge in [0.1, 0.15) is 5.01 Å². The fraction of sp³-hybridized carbons (Fsp3) is 0.0625. The molecule has 100 valence electrons. The Labute approximate surface area is 135 Å². The predicted octanol–water partition coefficient (Wildman–Crippen LogP) is 5.96. The quantitative estimate of drug-likeness (QED) is 0.533. The molecule has 0 amide bonds. The number of hydrogen-bond acceptors (Lipinski definition) is 3. The maximum absolute atomic E-state index is 4.74. The number of hydrogen-bond donors (Lipinski definition) is 0. The smallest absolute Gasteiger partial charge is 0.124 e. The molecule has 0 radical (unpaired) electrons. The van der Waals surface area contributed by atoms with Crippen LogP contribution in [0.5, 0.6) is 0 Å². The van der Waals surface area contributed by atoms with Gasteiger partial charge in [-0.05, 0) is 30.5 Å². The molecule has 4 heteroatoms. The largest absolute Gasteiger partial charge is 0.236 e. The van der Waals surface area contributed by atoms with Gasteiger partial charge in [0.05, 0.1) is 5.69 Å². The lowest BCUT2D eigenvalue weighted by Gasteiger charge is -1.99. The van der Waals surface area contributed by atoms with E-state index in [4.69, 9.17) is 4.98 Å². The molecule has 0 fully saturated rings. The second-order valence-corrected chi connectivity index (χ2v) is 6.93. The minimum atomic E-state index is 1.03. The van der Waals surface area contributed by atoms with Gasteiger partial charge in [0.25, 0.3) is 0 Å². The summed E-state index contributed by atoms with van der Waals surface area (Å²) in [7, 11) is 0. The van der Waals surface area contributed by atoms with Gasteiger partial charge < -0.3 is 0 Å².